The lowest BCUT2D eigenvalue weighted by molar-refractivity contribution is 0.702. The molecule has 7 nitrogen and oxygen atoms in total. The number of aromatic nitrogens is 4. The molecule has 0 saturated heterocycles. The highest BCUT2D eigenvalue weighted by Crippen LogP contribution is 2.30. The molecule has 1 aromatic carbocycles. The van der Waals surface area contributed by atoms with E-state index in [9.17, 15) is 5.26 Å². The lowest BCUT2D eigenvalue weighted by Gasteiger charge is -2.32. The van der Waals surface area contributed by atoms with E-state index in [0.29, 0.717) is 12.1 Å². The molecule has 0 fully saturated rings. The van der Waals surface area contributed by atoms with Crippen molar-refractivity contribution in [1.29, 1.82) is 5.26 Å². The molecule has 1 aliphatic heterocycles. The number of nitrogens with zero attached hydrogens (tertiary/aromatic N) is 6. The Hall–Kier alpha value is -3.53. The largest absolute Gasteiger partial charge is 0.366 e. The number of fused-ring (bicyclic) bond motifs is 1. The first-order valence-corrected chi connectivity index (χ1v) is 9.68. The Balaban J connectivity index is 1.61. The third kappa shape index (κ3) is 3.87. The summed E-state index contributed by atoms with van der Waals surface area (Å²) in [5.74, 6) is 1.57. The van der Waals surface area contributed by atoms with Crippen molar-refractivity contribution >= 4 is 11.5 Å². The van der Waals surface area contributed by atoms with E-state index in [4.69, 9.17) is 0 Å². The number of aryl methyl sites for hydroxylation is 2. The highest BCUT2D eigenvalue weighted by molar-refractivity contribution is 5.62. The number of anilines is 2. The van der Waals surface area contributed by atoms with Crippen LogP contribution in [-0.2, 0) is 13.0 Å². The van der Waals surface area contributed by atoms with Crippen LogP contribution in [0.4, 0.5) is 11.5 Å². The summed E-state index contributed by atoms with van der Waals surface area (Å²) >= 11 is 0. The topological polar surface area (TPSA) is 90.6 Å². The molecular weight excluding hydrogens is 362 g/mol. The summed E-state index contributed by atoms with van der Waals surface area (Å²) in [5, 5.41) is 13.1. The molecule has 0 saturated carbocycles. The van der Waals surface area contributed by atoms with Gasteiger partial charge in [0, 0.05) is 43.0 Å². The van der Waals surface area contributed by atoms with Gasteiger partial charge in [-0.25, -0.2) is 19.9 Å². The molecule has 29 heavy (non-hydrogen) atoms. The molecule has 0 radical (unpaired) electrons. The van der Waals surface area contributed by atoms with E-state index in [0.717, 1.165) is 52.7 Å². The van der Waals surface area contributed by atoms with Gasteiger partial charge in [-0.3, -0.25) is 0 Å². The lowest BCUT2D eigenvalue weighted by Crippen LogP contribution is -2.32. The molecule has 2 aromatic heterocycles. The molecule has 0 bridgehead atoms. The molecule has 3 heterocycles. The highest BCUT2D eigenvalue weighted by atomic mass is 15.2. The van der Waals surface area contributed by atoms with E-state index in [1.54, 1.807) is 6.33 Å². The molecule has 1 atom stereocenters. The van der Waals surface area contributed by atoms with Gasteiger partial charge >= 0.3 is 0 Å². The van der Waals surface area contributed by atoms with Gasteiger partial charge in [-0.2, -0.15) is 5.26 Å². The molecule has 146 valence electrons. The molecule has 3 aromatic rings. The van der Waals surface area contributed by atoms with Crippen LogP contribution in [0.1, 0.15) is 46.7 Å². The van der Waals surface area contributed by atoms with Crippen molar-refractivity contribution in [1.82, 2.24) is 19.9 Å². The monoisotopic (exact) mass is 385 g/mol. The Kier molecular flexibility index (Phi) is 5.09. The SMILES string of the molecule is Cc1ccc(N2CCc3ncnc(NC(C)c4cnc(C)nc4)c3C2)c(C#N)c1. The highest BCUT2D eigenvalue weighted by Gasteiger charge is 2.23. The van der Waals surface area contributed by atoms with Gasteiger partial charge in [0.25, 0.3) is 0 Å². The Labute approximate surface area is 170 Å². The summed E-state index contributed by atoms with van der Waals surface area (Å²) in [4.78, 5) is 19.8. The van der Waals surface area contributed by atoms with E-state index < -0.39 is 0 Å². The smallest absolute Gasteiger partial charge is 0.135 e. The van der Waals surface area contributed by atoms with Crippen LogP contribution < -0.4 is 10.2 Å². The van der Waals surface area contributed by atoms with Gasteiger partial charge in [0.05, 0.1) is 23.0 Å². The molecule has 0 aliphatic carbocycles. The zero-order chi connectivity index (χ0) is 20.4. The molecule has 0 spiro atoms. The molecular formula is C22H23N7. The van der Waals surface area contributed by atoms with E-state index in [2.05, 4.69) is 43.1 Å². The van der Waals surface area contributed by atoms with Gasteiger partial charge in [-0.05, 0) is 38.5 Å². The summed E-state index contributed by atoms with van der Waals surface area (Å²) in [6, 6.07) is 8.35. The van der Waals surface area contributed by atoms with E-state index in [-0.39, 0.29) is 6.04 Å². The Bertz CT molecular complexity index is 1070. The number of nitriles is 1. The maximum absolute atomic E-state index is 9.56. The second-order valence-corrected chi connectivity index (χ2v) is 7.38. The van der Waals surface area contributed by atoms with Crippen molar-refractivity contribution in [3.8, 4) is 6.07 Å². The predicted octanol–water partition coefficient (Wildman–Crippen LogP) is 3.49. The van der Waals surface area contributed by atoms with E-state index in [1.807, 2.05) is 44.4 Å². The second-order valence-electron chi connectivity index (χ2n) is 7.38. The van der Waals surface area contributed by atoms with Crippen LogP contribution in [0.25, 0.3) is 0 Å². The summed E-state index contributed by atoms with van der Waals surface area (Å²) in [5.41, 5.74) is 5.87. The number of nitrogens with one attached hydrogen (secondary N) is 1. The molecule has 7 heteroatoms. The predicted molar refractivity (Wildman–Crippen MR) is 111 cm³/mol. The Morgan fingerprint density at radius 2 is 1.93 bits per heavy atom. The number of hydrogen-bond donors (Lipinski definition) is 1. The van der Waals surface area contributed by atoms with Crippen LogP contribution >= 0.6 is 0 Å². The van der Waals surface area contributed by atoms with Crippen molar-refractivity contribution in [3.63, 3.8) is 0 Å². The standard InChI is InChI=1S/C22H23N7/c1-14-4-5-21(17(8-14)9-23)29-7-6-20-19(12-29)22(27-13-26-20)28-15(2)18-10-24-16(3)25-11-18/h4-5,8,10-11,13,15H,6-7,12H2,1-3H3,(H,26,27,28). The summed E-state index contributed by atoms with van der Waals surface area (Å²) in [6.07, 6.45) is 6.10. The number of rotatable bonds is 4. The van der Waals surface area contributed by atoms with Crippen molar-refractivity contribution in [3.05, 3.63) is 70.7 Å². The van der Waals surface area contributed by atoms with Crippen molar-refractivity contribution in [2.24, 2.45) is 0 Å². The van der Waals surface area contributed by atoms with Crippen LogP contribution in [-0.4, -0.2) is 26.5 Å². The summed E-state index contributed by atoms with van der Waals surface area (Å²) in [7, 11) is 0. The molecule has 1 N–H and O–H groups in total. The molecule has 4 rings (SSSR count). The summed E-state index contributed by atoms with van der Waals surface area (Å²) in [6.45, 7) is 7.42. The maximum atomic E-state index is 9.56. The van der Waals surface area contributed by atoms with Gasteiger partial charge in [0.1, 0.15) is 24.0 Å². The van der Waals surface area contributed by atoms with Crippen LogP contribution in [0, 0.1) is 25.2 Å². The molecule has 1 unspecified atom stereocenters. The maximum Gasteiger partial charge on any atom is 0.135 e. The van der Waals surface area contributed by atoms with Crippen LogP contribution in [0.2, 0.25) is 0 Å². The third-order valence-corrected chi connectivity index (χ3v) is 5.27. The van der Waals surface area contributed by atoms with E-state index in [1.165, 1.54) is 0 Å². The van der Waals surface area contributed by atoms with Gasteiger partial charge in [0.2, 0.25) is 0 Å². The van der Waals surface area contributed by atoms with Crippen molar-refractivity contribution in [2.75, 3.05) is 16.8 Å². The van der Waals surface area contributed by atoms with Gasteiger partial charge in [-0.1, -0.05) is 6.07 Å². The van der Waals surface area contributed by atoms with Crippen molar-refractivity contribution in [2.45, 2.75) is 39.8 Å². The lowest BCUT2D eigenvalue weighted by atomic mass is 10.0. The van der Waals surface area contributed by atoms with Gasteiger partial charge in [0.15, 0.2) is 0 Å². The minimum Gasteiger partial charge on any atom is -0.366 e. The molecule has 0 amide bonds. The average molecular weight is 385 g/mol. The van der Waals surface area contributed by atoms with Crippen LogP contribution in [0.15, 0.2) is 36.9 Å². The minimum absolute atomic E-state index is 0.0130. The minimum atomic E-state index is 0.0130. The first kappa shape index (κ1) is 18.8. The zero-order valence-corrected chi connectivity index (χ0v) is 16.8. The zero-order valence-electron chi connectivity index (χ0n) is 16.8. The first-order valence-electron chi connectivity index (χ1n) is 9.68. The van der Waals surface area contributed by atoms with Crippen molar-refractivity contribution < 1.29 is 0 Å². The van der Waals surface area contributed by atoms with Gasteiger partial charge < -0.3 is 10.2 Å². The summed E-state index contributed by atoms with van der Waals surface area (Å²) < 4.78 is 0. The Morgan fingerprint density at radius 1 is 1.14 bits per heavy atom. The fourth-order valence-corrected chi connectivity index (χ4v) is 3.60. The van der Waals surface area contributed by atoms with Gasteiger partial charge in [-0.15, -0.1) is 0 Å². The average Bonchev–Trinajstić information content (AvgIpc) is 2.74. The quantitative estimate of drug-likeness (QED) is 0.735. The first-order chi connectivity index (χ1) is 14.0. The normalized spacial score (nSPS) is 14.1. The Morgan fingerprint density at radius 3 is 2.69 bits per heavy atom. The number of hydrogen-bond acceptors (Lipinski definition) is 7. The van der Waals surface area contributed by atoms with Crippen LogP contribution in [0.3, 0.4) is 0 Å². The third-order valence-electron chi connectivity index (χ3n) is 5.27. The fraction of sp³-hybridized carbons (Fsp3) is 0.318. The van der Waals surface area contributed by atoms with E-state index >= 15 is 0 Å². The molecule has 1 aliphatic rings. The van der Waals surface area contributed by atoms with Crippen LogP contribution in [0.5, 0.6) is 0 Å². The number of benzene rings is 1. The fourth-order valence-electron chi connectivity index (χ4n) is 3.60. The second kappa shape index (κ2) is 7.84.